The van der Waals surface area contributed by atoms with Gasteiger partial charge in [0.2, 0.25) is 23.6 Å². The number of ether oxygens (including phenoxy) is 3. The van der Waals surface area contributed by atoms with E-state index in [2.05, 4.69) is 42.5 Å². The number of amides is 8. The van der Waals surface area contributed by atoms with E-state index < -0.39 is 83.1 Å². The van der Waals surface area contributed by atoms with E-state index in [1.165, 1.54) is 94.1 Å². The molecule has 462 valence electrons. The molecule has 27 nitrogen and oxygen atoms in total. The van der Waals surface area contributed by atoms with E-state index in [4.69, 9.17) is 48.0 Å². The van der Waals surface area contributed by atoms with Crippen LogP contribution in [0.2, 0.25) is 0 Å². The molecule has 4 aromatic carbocycles. The third-order valence-electron chi connectivity index (χ3n) is 13.3. The molecule has 8 amide bonds. The van der Waals surface area contributed by atoms with Gasteiger partial charge >= 0.3 is 5.97 Å². The molecule has 0 spiro atoms. The molecular weight excluding hydrogens is 1100 g/mol. The number of carboxylic acid groups (broad SMARTS) is 1. The number of carbonyl (C=O) groups is 9. The fourth-order valence-corrected chi connectivity index (χ4v) is 8.62. The second-order valence-corrected chi connectivity index (χ2v) is 19.7. The Balaban J connectivity index is 1.54. The van der Waals surface area contributed by atoms with Crippen molar-refractivity contribution in [1.82, 2.24) is 21.3 Å². The zero-order valence-corrected chi connectivity index (χ0v) is 48.1. The second-order valence-electron chi connectivity index (χ2n) is 19.7. The second kappa shape index (κ2) is 36.0. The summed E-state index contributed by atoms with van der Waals surface area (Å²) in [5, 5.41) is 41.2. The largest absolute Gasteiger partial charge is 0.507 e. The molecule has 4 aromatic rings. The Kier molecular flexibility index (Phi) is 29.0. The van der Waals surface area contributed by atoms with Crippen LogP contribution in [-0.4, -0.2) is 142 Å². The number of carbonyl (C=O) groups excluding carboxylic acids is 8. The van der Waals surface area contributed by atoms with Crippen molar-refractivity contribution in [1.29, 1.82) is 0 Å². The Hall–Kier alpha value is -8.89. The molecule has 0 aliphatic carbocycles. The number of phenolic OH excluding ortho intramolecular Hbond substituents is 1. The lowest BCUT2D eigenvalue weighted by molar-refractivity contribution is -0.137. The number of anilines is 4. The summed E-state index contributed by atoms with van der Waals surface area (Å²) in [6.07, 6.45) is 4.55. The van der Waals surface area contributed by atoms with Crippen LogP contribution in [-0.2, 0) is 24.0 Å². The highest BCUT2D eigenvalue weighted by Crippen LogP contribution is 2.28. The first-order valence-corrected chi connectivity index (χ1v) is 27.9. The van der Waals surface area contributed by atoms with Gasteiger partial charge in [-0.1, -0.05) is 6.42 Å². The minimum absolute atomic E-state index is 0.0179. The number of hydrogen-bond acceptors (Lipinski definition) is 18. The number of hydrogen-bond donors (Lipinski definition) is 15. The SMILES string of the molecule is COc1ccc(NC(=O)C(CCCCN)NC(=O)c2cc(NC(=O)C(CCCCN)NC(=O)c3cc(NC(=O)C(CCCCN)NC(=O)c4cc(NC(=O)C(N)CCCCN)ccc4O)ccc3OC)ccc2OC)cc1C(=O)NCCC(=O)O. The van der Waals surface area contributed by atoms with E-state index >= 15 is 0 Å². The van der Waals surface area contributed by atoms with Gasteiger partial charge in [-0.3, -0.25) is 43.2 Å². The van der Waals surface area contributed by atoms with E-state index in [0.29, 0.717) is 84.0 Å². The quantitative estimate of drug-likeness (QED) is 0.0228. The standard InChI is InChI=1S/C58H81N13O14/c1-83-47-21-17-35(31-39(47)51(75)64-29-24-50(73)74)66-57(81)44(14-6-10-27-61)70-53(77)41-33-37(19-23-49(41)85-3)68-58(82)45(15-7-11-28-62)71-54(78)40-32-36(18-22-48(40)84-2)67-56(80)43(13-5-9-26-60)69-52(76)38-30-34(16-20-46(38)72)65-55(79)42(63)12-4-8-25-59/h16-23,30-33,42-45,72H,4-15,24-29,59-63H2,1-3H3,(H,64,75)(H,65,79)(H,66,81)(H,67,80)(H,68,82)(H,69,76)(H,70,77)(H,71,78)(H,73,74). The lowest BCUT2D eigenvalue weighted by atomic mass is 10.1. The number of phenols is 1. The predicted octanol–water partition coefficient (Wildman–Crippen LogP) is 2.62. The summed E-state index contributed by atoms with van der Waals surface area (Å²) >= 11 is 0. The molecule has 0 aliphatic rings. The monoisotopic (exact) mass is 1180 g/mol. The minimum atomic E-state index is -1.20. The highest BCUT2D eigenvalue weighted by Gasteiger charge is 2.29. The predicted molar refractivity (Wildman–Crippen MR) is 320 cm³/mol. The van der Waals surface area contributed by atoms with Gasteiger partial charge in [-0.05, 0) is 170 Å². The van der Waals surface area contributed by atoms with Crippen molar-refractivity contribution in [3.63, 3.8) is 0 Å². The summed E-state index contributed by atoms with van der Waals surface area (Å²) < 4.78 is 16.3. The molecule has 4 unspecified atom stereocenters. The summed E-state index contributed by atoms with van der Waals surface area (Å²) in [5.41, 5.74) is 29.1. The molecule has 85 heavy (non-hydrogen) atoms. The lowest BCUT2D eigenvalue weighted by Crippen LogP contribution is -2.44. The molecule has 0 saturated heterocycles. The van der Waals surface area contributed by atoms with Gasteiger partial charge < -0.3 is 95.6 Å². The zero-order chi connectivity index (χ0) is 62.4. The van der Waals surface area contributed by atoms with Gasteiger partial charge in [0.25, 0.3) is 23.6 Å². The van der Waals surface area contributed by atoms with E-state index in [0.717, 1.165) is 0 Å². The van der Waals surface area contributed by atoms with Crippen LogP contribution in [0.4, 0.5) is 22.7 Å². The van der Waals surface area contributed by atoms with Crippen molar-refractivity contribution in [3.05, 3.63) is 95.1 Å². The molecule has 0 aliphatic heterocycles. The summed E-state index contributed by atoms with van der Waals surface area (Å²) in [6.45, 7) is 1.21. The third kappa shape index (κ3) is 22.0. The molecule has 0 bridgehead atoms. The smallest absolute Gasteiger partial charge is 0.305 e. The molecule has 4 atom stereocenters. The van der Waals surface area contributed by atoms with Crippen molar-refractivity contribution in [2.75, 3.05) is 75.3 Å². The number of nitrogens with two attached hydrogens (primary N) is 5. The molecule has 0 saturated carbocycles. The van der Waals surface area contributed by atoms with Crippen LogP contribution < -0.4 is 85.4 Å². The van der Waals surface area contributed by atoms with E-state index in [-0.39, 0.29) is 94.5 Å². The van der Waals surface area contributed by atoms with Crippen molar-refractivity contribution in [2.24, 2.45) is 28.7 Å². The fourth-order valence-electron chi connectivity index (χ4n) is 8.62. The fraction of sp³-hybridized carbons (Fsp3) is 0.431. The first-order valence-electron chi connectivity index (χ1n) is 27.9. The van der Waals surface area contributed by atoms with Gasteiger partial charge in [-0.2, -0.15) is 0 Å². The number of aromatic hydroxyl groups is 1. The van der Waals surface area contributed by atoms with Gasteiger partial charge in [0.15, 0.2) is 0 Å². The van der Waals surface area contributed by atoms with Crippen LogP contribution in [0.5, 0.6) is 23.0 Å². The summed E-state index contributed by atoms with van der Waals surface area (Å²) in [5.74, 6) is -6.73. The Morgan fingerprint density at radius 2 is 0.753 bits per heavy atom. The van der Waals surface area contributed by atoms with Crippen LogP contribution in [0.25, 0.3) is 0 Å². The van der Waals surface area contributed by atoms with Crippen LogP contribution >= 0.6 is 0 Å². The van der Waals surface area contributed by atoms with Gasteiger partial charge in [0, 0.05) is 29.3 Å². The van der Waals surface area contributed by atoms with E-state index in [9.17, 15) is 48.3 Å². The highest BCUT2D eigenvalue weighted by atomic mass is 16.5. The third-order valence-corrected chi connectivity index (χ3v) is 13.3. The topological polar surface area (TPSA) is 448 Å². The number of aliphatic carboxylic acids is 1. The molecule has 0 heterocycles. The van der Waals surface area contributed by atoms with Crippen molar-refractivity contribution >= 4 is 76.0 Å². The molecular formula is C58H81N13O14. The number of benzene rings is 4. The van der Waals surface area contributed by atoms with Crippen LogP contribution in [0.1, 0.15) is 125 Å². The van der Waals surface area contributed by atoms with E-state index in [1.807, 2.05) is 0 Å². The number of methoxy groups -OCH3 is 3. The number of carboxylic acids is 1. The molecule has 4 rings (SSSR count). The van der Waals surface area contributed by atoms with Gasteiger partial charge in [-0.15, -0.1) is 0 Å². The first-order chi connectivity index (χ1) is 40.8. The molecule has 20 N–H and O–H groups in total. The Morgan fingerprint density at radius 3 is 1.11 bits per heavy atom. The molecule has 27 heteroatoms. The molecule has 0 radical (unpaired) electrons. The van der Waals surface area contributed by atoms with Crippen molar-refractivity contribution < 1.29 is 67.6 Å². The average Bonchev–Trinajstić information content (AvgIpc) is 3.69. The molecule has 0 aromatic heterocycles. The first kappa shape index (κ1) is 68.6. The van der Waals surface area contributed by atoms with Gasteiger partial charge in [0.05, 0.1) is 56.0 Å². The average molecular weight is 1180 g/mol. The van der Waals surface area contributed by atoms with E-state index in [1.54, 1.807) is 0 Å². The maximum Gasteiger partial charge on any atom is 0.305 e. The maximum absolute atomic E-state index is 14.2. The van der Waals surface area contributed by atoms with Crippen LogP contribution in [0, 0.1) is 0 Å². The van der Waals surface area contributed by atoms with Crippen LogP contribution in [0.15, 0.2) is 72.8 Å². The van der Waals surface area contributed by atoms with Crippen molar-refractivity contribution in [2.45, 2.75) is 108 Å². The molecule has 0 fully saturated rings. The lowest BCUT2D eigenvalue weighted by Gasteiger charge is -2.22. The maximum atomic E-state index is 14.2. The summed E-state index contributed by atoms with van der Waals surface area (Å²) in [4.78, 5) is 121. The zero-order valence-electron chi connectivity index (χ0n) is 48.1. The normalized spacial score (nSPS) is 12.2. The Morgan fingerprint density at radius 1 is 0.435 bits per heavy atom. The highest BCUT2D eigenvalue weighted by molar-refractivity contribution is 6.07. The minimum Gasteiger partial charge on any atom is -0.507 e. The Labute approximate surface area is 492 Å². The van der Waals surface area contributed by atoms with Gasteiger partial charge in [-0.25, -0.2) is 0 Å². The summed E-state index contributed by atoms with van der Waals surface area (Å²) in [6, 6.07) is 12.2. The van der Waals surface area contributed by atoms with Crippen LogP contribution in [0.3, 0.4) is 0 Å². The Bertz CT molecular complexity index is 2940. The number of nitrogens with one attached hydrogen (secondary N) is 8. The number of unbranched alkanes of at least 4 members (excludes halogenated alkanes) is 4. The van der Waals surface area contributed by atoms with Gasteiger partial charge in [0.1, 0.15) is 41.1 Å². The number of rotatable bonds is 37. The van der Waals surface area contributed by atoms with Crippen molar-refractivity contribution in [3.8, 4) is 23.0 Å². The summed E-state index contributed by atoms with van der Waals surface area (Å²) in [7, 11) is 4.00.